The van der Waals surface area contributed by atoms with E-state index in [1.54, 1.807) is 119 Å². The molecular weight excluding hydrogens is 1110 g/mol. The lowest BCUT2D eigenvalue weighted by Crippen LogP contribution is -2.27. The van der Waals surface area contributed by atoms with E-state index in [4.69, 9.17) is 21.6 Å². The number of pyridine rings is 2. The van der Waals surface area contributed by atoms with E-state index >= 15 is 0 Å². The van der Waals surface area contributed by atoms with Crippen LogP contribution in [-0.4, -0.2) is 106 Å². The van der Waals surface area contributed by atoms with Gasteiger partial charge < -0.3 is 10.0 Å². The molecule has 0 aliphatic heterocycles. The van der Waals surface area contributed by atoms with Gasteiger partial charge in [0.2, 0.25) is 20.0 Å². The number of hydrogen-bond donors (Lipinski definition) is 2. The zero-order valence-corrected chi connectivity index (χ0v) is 47.1. The van der Waals surface area contributed by atoms with Gasteiger partial charge in [0.15, 0.2) is 11.3 Å². The first-order valence-electron chi connectivity index (χ1n) is 22.7. The molecule has 0 saturated carbocycles. The number of rotatable bonds is 12. The van der Waals surface area contributed by atoms with E-state index < -0.39 is 47.2 Å². The maximum Gasteiger partial charge on any atom is 0.489 e. The van der Waals surface area contributed by atoms with Crippen LogP contribution in [0.15, 0.2) is 187 Å². The fraction of sp³-hybridized carbons (Fsp3) is 0.115. The second kappa shape index (κ2) is 22.3. The lowest BCUT2D eigenvalue weighted by atomic mass is 9.83. The van der Waals surface area contributed by atoms with Crippen molar-refractivity contribution in [2.75, 3.05) is 28.2 Å². The lowest BCUT2D eigenvalue weighted by Gasteiger charge is -2.11. The average molecular weight is 1160 g/mol. The molecule has 4 aromatic carbocycles. The van der Waals surface area contributed by atoms with E-state index in [1.807, 2.05) is 36.7 Å². The van der Waals surface area contributed by atoms with Crippen LogP contribution in [-0.2, 0) is 40.1 Å². The minimum Gasteiger partial charge on any atom is -0.423 e. The number of sulfonamides is 2. The van der Waals surface area contributed by atoms with Crippen molar-refractivity contribution in [1.29, 1.82) is 0 Å². The number of aryl methyl sites for hydroxylation is 2. The summed E-state index contributed by atoms with van der Waals surface area (Å²) in [4.78, 5) is 9.32. The van der Waals surface area contributed by atoms with Crippen molar-refractivity contribution < 1.29 is 43.7 Å². The normalized spacial score (nSPS) is 12.1. The summed E-state index contributed by atoms with van der Waals surface area (Å²) in [6.07, 6.45) is 6.09. The molecule has 0 aliphatic rings. The molecule has 6 heterocycles. The number of thiophene rings is 2. The largest absolute Gasteiger partial charge is 0.489 e. The summed E-state index contributed by atoms with van der Waals surface area (Å²) in [6, 6.07) is 33.0. The van der Waals surface area contributed by atoms with Crippen molar-refractivity contribution >= 4 is 109 Å². The molecular formula is C52H48BClN6O10S6. The molecule has 0 amide bonds. The Hall–Kier alpha value is -6.35. The number of benzene rings is 4. The molecule has 0 unspecified atom stereocenters. The van der Waals surface area contributed by atoms with E-state index in [2.05, 4.69) is 9.97 Å². The predicted molar refractivity (Wildman–Crippen MR) is 302 cm³/mol. The standard InChI is InChI=1S/C26H23N3O4S3.C22H20ClN3O4S2.C4H5BO2S/c1-18-4-8-22(9-5-18)36(32,33)29-16-24(19-6-10-21(11-7-19)35(30,31)28(2)3)25-23(12-14-27-26(25)29)20-13-15-34-17-20;1-15-4-8-18(9-5-15)32(29,30)26-14-19(21-20(23)12-13-24-22(21)26)16-6-10-17(11-7-16)31(27,28)25(2)3;6-5(7)4-1-2-8-3-4/h4-17H,1-3H3;4-14H,1-3H3;1-3,6-7H. The van der Waals surface area contributed by atoms with Gasteiger partial charge >= 0.3 is 7.12 Å². The van der Waals surface area contributed by atoms with Crippen LogP contribution < -0.4 is 5.46 Å². The summed E-state index contributed by atoms with van der Waals surface area (Å²) in [5.74, 6) is 0. The Morgan fingerprint density at radius 1 is 0.487 bits per heavy atom. The van der Waals surface area contributed by atoms with Crippen molar-refractivity contribution in [3.63, 3.8) is 0 Å². The number of aromatic nitrogens is 4. The average Bonchev–Trinajstić information content (AvgIpc) is 4.25. The topological polar surface area (TPSA) is 219 Å². The van der Waals surface area contributed by atoms with E-state index in [0.29, 0.717) is 49.2 Å². The SMILES string of the molecule is Cc1ccc(S(=O)(=O)n2cc(-c3ccc(S(=O)(=O)N(C)C)cc3)c3c(-c4ccsc4)ccnc32)cc1.Cc1ccc(S(=O)(=O)n2cc(-c3ccc(S(=O)(=O)N(C)C)cc3)c3c(Cl)ccnc32)cc1.OB(O)c1ccsc1. The first kappa shape index (κ1) is 55.9. The monoisotopic (exact) mass is 1150 g/mol. The molecule has 2 N–H and O–H groups in total. The molecule has 6 aromatic heterocycles. The summed E-state index contributed by atoms with van der Waals surface area (Å²) in [5.41, 5.74) is 7.22. The highest BCUT2D eigenvalue weighted by Crippen LogP contribution is 2.40. The van der Waals surface area contributed by atoms with Gasteiger partial charge in [-0.05, 0) is 130 Å². The third kappa shape index (κ3) is 11.2. The molecule has 0 spiro atoms. The van der Waals surface area contributed by atoms with E-state index in [1.165, 1.54) is 80.2 Å². The van der Waals surface area contributed by atoms with Crippen molar-refractivity contribution in [3.8, 4) is 33.4 Å². The Morgan fingerprint density at radius 2 is 0.895 bits per heavy atom. The second-order valence-electron chi connectivity index (χ2n) is 17.4. The van der Waals surface area contributed by atoms with Gasteiger partial charge in [0, 0.05) is 74.9 Å². The third-order valence-corrected chi connectivity index (χ3v) is 20.7. The third-order valence-electron chi connectivity index (χ3n) is 12.0. The number of fused-ring (bicyclic) bond motifs is 2. The fourth-order valence-corrected chi connectivity index (χ4v) is 13.8. The first-order chi connectivity index (χ1) is 35.9. The maximum absolute atomic E-state index is 13.7. The molecule has 0 aliphatic carbocycles. The molecule has 0 radical (unpaired) electrons. The summed E-state index contributed by atoms with van der Waals surface area (Å²) >= 11 is 9.43. The van der Waals surface area contributed by atoms with Gasteiger partial charge in [-0.3, -0.25) is 0 Å². The first-order valence-corrected chi connectivity index (χ1v) is 30.7. The summed E-state index contributed by atoms with van der Waals surface area (Å²) in [6.45, 7) is 3.77. The highest BCUT2D eigenvalue weighted by molar-refractivity contribution is 7.90. The number of halogens is 1. The summed E-state index contributed by atoms with van der Waals surface area (Å²) < 4.78 is 109. The van der Waals surface area contributed by atoms with Crippen molar-refractivity contribution in [3.05, 3.63) is 184 Å². The molecule has 76 heavy (non-hydrogen) atoms. The summed E-state index contributed by atoms with van der Waals surface area (Å²) in [5, 5.41) is 25.9. The van der Waals surface area contributed by atoms with Gasteiger partial charge in [0.05, 0.1) is 24.6 Å². The van der Waals surface area contributed by atoms with E-state index in [0.717, 1.165) is 34.8 Å². The van der Waals surface area contributed by atoms with Crippen LogP contribution in [0.1, 0.15) is 11.1 Å². The maximum atomic E-state index is 13.7. The molecule has 0 atom stereocenters. The Balaban J connectivity index is 0.000000176. The van der Waals surface area contributed by atoms with Crippen LogP contribution in [0.4, 0.5) is 0 Å². The molecule has 0 fully saturated rings. The zero-order valence-electron chi connectivity index (χ0n) is 41.4. The Morgan fingerprint density at radius 3 is 1.29 bits per heavy atom. The van der Waals surface area contributed by atoms with Crippen LogP contribution in [0.25, 0.3) is 55.4 Å². The zero-order chi connectivity index (χ0) is 54.9. The van der Waals surface area contributed by atoms with Crippen LogP contribution >= 0.6 is 34.3 Å². The van der Waals surface area contributed by atoms with E-state index in [-0.39, 0.29) is 25.2 Å². The van der Waals surface area contributed by atoms with Gasteiger partial charge in [0.1, 0.15) is 0 Å². The highest BCUT2D eigenvalue weighted by atomic mass is 35.5. The number of hydrogen-bond acceptors (Lipinski definition) is 14. The minimum absolute atomic E-state index is 0.126. The smallest absolute Gasteiger partial charge is 0.423 e. The van der Waals surface area contributed by atoms with Crippen molar-refractivity contribution in [2.45, 2.75) is 33.4 Å². The Bertz CT molecular complexity index is 4160. The molecule has 0 saturated heterocycles. The summed E-state index contributed by atoms with van der Waals surface area (Å²) in [7, 11) is -10.5. The Kier molecular flexibility index (Phi) is 16.4. The molecule has 10 rings (SSSR count). The Labute approximate surface area is 454 Å². The minimum atomic E-state index is -3.94. The van der Waals surface area contributed by atoms with Gasteiger partial charge in [-0.1, -0.05) is 77.3 Å². The molecule has 16 nitrogen and oxygen atoms in total. The van der Waals surface area contributed by atoms with Crippen LogP contribution in [0.5, 0.6) is 0 Å². The van der Waals surface area contributed by atoms with E-state index in [9.17, 15) is 33.7 Å². The van der Waals surface area contributed by atoms with Gasteiger partial charge in [0.25, 0.3) is 20.0 Å². The quantitative estimate of drug-likeness (QED) is 0.110. The molecule has 10 aromatic rings. The molecule has 0 bridgehead atoms. The molecule has 392 valence electrons. The van der Waals surface area contributed by atoms with Crippen LogP contribution in [0.3, 0.4) is 0 Å². The number of nitrogens with zero attached hydrogens (tertiary/aromatic N) is 6. The van der Waals surface area contributed by atoms with Gasteiger partial charge in [-0.15, -0.1) is 0 Å². The van der Waals surface area contributed by atoms with Crippen LogP contribution in [0.2, 0.25) is 5.02 Å². The van der Waals surface area contributed by atoms with Crippen molar-refractivity contribution in [2.24, 2.45) is 0 Å². The predicted octanol–water partition coefficient (Wildman–Crippen LogP) is 8.81. The fourth-order valence-electron chi connectivity index (χ4n) is 7.78. The van der Waals surface area contributed by atoms with Crippen molar-refractivity contribution in [1.82, 2.24) is 26.5 Å². The lowest BCUT2D eigenvalue weighted by molar-refractivity contribution is 0.426. The van der Waals surface area contributed by atoms with Crippen LogP contribution in [0, 0.1) is 13.8 Å². The van der Waals surface area contributed by atoms with Gasteiger partial charge in [-0.25, -0.2) is 60.2 Å². The van der Waals surface area contributed by atoms with Gasteiger partial charge in [-0.2, -0.15) is 22.7 Å². The second-order valence-corrected chi connectivity index (χ2v) is 27.3. The highest BCUT2D eigenvalue weighted by Gasteiger charge is 2.27. The molecule has 24 heteroatoms.